The Bertz CT molecular complexity index is 966. The zero-order valence-electron chi connectivity index (χ0n) is 17.2. The molecule has 2 heterocycles. The molecule has 6 nitrogen and oxygen atoms in total. The van der Waals surface area contributed by atoms with Crippen LogP contribution < -0.4 is 20.0 Å². The number of cyclic esters (lactones) is 1. The van der Waals surface area contributed by atoms with Gasteiger partial charge in [0.1, 0.15) is 11.9 Å². The van der Waals surface area contributed by atoms with Crippen molar-refractivity contribution in [2.75, 3.05) is 54.0 Å². The van der Waals surface area contributed by atoms with E-state index >= 15 is 0 Å². The fourth-order valence-electron chi connectivity index (χ4n) is 3.87. The highest BCUT2D eigenvalue weighted by molar-refractivity contribution is 7.80. The van der Waals surface area contributed by atoms with Gasteiger partial charge in [-0.3, -0.25) is 4.90 Å². The predicted molar refractivity (Wildman–Crippen MR) is 126 cm³/mol. The SMILES string of the molecule is CC(=S)NC[C@H]1CN(c2ccc(N3CCN(c4ccc(Cl)cc4)CC3)c(F)c2)C(=O)O1. The molecule has 2 aliphatic rings. The molecule has 31 heavy (non-hydrogen) atoms. The molecule has 164 valence electrons. The van der Waals surface area contributed by atoms with Gasteiger partial charge in [-0.25, -0.2) is 9.18 Å². The van der Waals surface area contributed by atoms with Gasteiger partial charge in [-0.15, -0.1) is 0 Å². The summed E-state index contributed by atoms with van der Waals surface area (Å²) in [5.74, 6) is -0.346. The van der Waals surface area contributed by atoms with Crippen LogP contribution in [-0.2, 0) is 4.74 Å². The van der Waals surface area contributed by atoms with Gasteiger partial charge in [0, 0.05) is 36.9 Å². The quantitative estimate of drug-likeness (QED) is 0.676. The third kappa shape index (κ3) is 5.02. The van der Waals surface area contributed by atoms with Crippen LogP contribution in [0.3, 0.4) is 0 Å². The number of hydrogen-bond donors (Lipinski definition) is 1. The Labute approximate surface area is 191 Å². The van der Waals surface area contributed by atoms with Gasteiger partial charge in [-0.1, -0.05) is 23.8 Å². The summed E-state index contributed by atoms with van der Waals surface area (Å²) in [7, 11) is 0. The van der Waals surface area contributed by atoms with Crippen molar-refractivity contribution in [1.82, 2.24) is 5.32 Å². The molecule has 0 aliphatic carbocycles. The molecule has 1 amide bonds. The van der Waals surface area contributed by atoms with E-state index in [1.807, 2.05) is 29.2 Å². The number of carbonyl (C=O) groups is 1. The van der Waals surface area contributed by atoms with Crippen molar-refractivity contribution in [3.8, 4) is 0 Å². The number of thiocarbonyl (C=S) groups is 1. The molecule has 0 saturated carbocycles. The standard InChI is InChI=1S/C22H24ClFN4O2S/c1-15(31)25-13-19-14-28(22(29)30-19)18-6-7-21(20(24)12-18)27-10-8-26(9-11-27)17-4-2-16(23)3-5-17/h2-7,12,19H,8-11,13-14H2,1H3,(H,25,31)/t19-/m0/s1. The number of nitrogens with zero attached hydrogens (tertiary/aromatic N) is 3. The van der Waals surface area contributed by atoms with Gasteiger partial charge in [0.25, 0.3) is 0 Å². The molecule has 9 heteroatoms. The van der Waals surface area contributed by atoms with Crippen LogP contribution in [0.25, 0.3) is 0 Å². The van der Waals surface area contributed by atoms with Crippen LogP contribution in [0.5, 0.6) is 0 Å². The Hall–Kier alpha value is -2.58. The van der Waals surface area contributed by atoms with Crippen molar-refractivity contribution in [1.29, 1.82) is 0 Å². The van der Waals surface area contributed by atoms with Crippen molar-refractivity contribution < 1.29 is 13.9 Å². The molecule has 4 rings (SSSR count). The van der Waals surface area contributed by atoms with E-state index in [-0.39, 0.29) is 11.9 Å². The Morgan fingerprint density at radius 1 is 1.13 bits per heavy atom. The number of benzene rings is 2. The molecule has 0 radical (unpaired) electrons. The van der Waals surface area contributed by atoms with Crippen molar-refractivity contribution in [3.05, 3.63) is 53.3 Å². The van der Waals surface area contributed by atoms with Gasteiger partial charge in [0.2, 0.25) is 0 Å². The van der Waals surface area contributed by atoms with Crippen LogP contribution in [0, 0.1) is 5.82 Å². The monoisotopic (exact) mass is 462 g/mol. The highest BCUT2D eigenvalue weighted by Crippen LogP contribution is 2.29. The first-order valence-electron chi connectivity index (χ1n) is 10.2. The first kappa shape index (κ1) is 21.6. The largest absolute Gasteiger partial charge is 0.442 e. The smallest absolute Gasteiger partial charge is 0.414 e. The first-order valence-corrected chi connectivity index (χ1v) is 11.0. The molecule has 2 aromatic carbocycles. The molecule has 0 bridgehead atoms. The molecule has 1 atom stereocenters. The van der Waals surface area contributed by atoms with Crippen LogP contribution in [0.4, 0.5) is 26.2 Å². The summed E-state index contributed by atoms with van der Waals surface area (Å²) in [6.45, 7) is 5.55. The summed E-state index contributed by atoms with van der Waals surface area (Å²) in [5.41, 5.74) is 2.15. The number of amides is 1. The maximum atomic E-state index is 15.0. The second kappa shape index (κ2) is 9.28. The minimum atomic E-state index is -0.474. The molecule has 2 saturated heterocycles. The lowest BCUT2D eigenvalue weighted by molar-refractivity contribution is 0.143. The van der Waals surface area contributed by atoms with Crippen LogP contribution in [-0.4, -0.2) is 56.5 Å². The van der Waals surface area contributed by atoms with E-state index < -0.39 is 6.09 Å². The second-order valence-electron chi connectivity index (χ2n) is 7.64. The molecule has 2 aliphatic heterocycles. The van der Waals surface area contributed by atoms with Gasteiger partial charge < -0.3 is 19.9 Å². The lowest BCUT2D eigenvalue weighted by atomic mass is 10.2. The number of carbonyl (C=O) groups excluding carboxylic acids is 1. The molecular formula is C22H24ClFN4O2S. The second-order valence-corrected chi connectivity index (χ2v) is 8.69. The summed E-state index contributed by atoms with van der Waals surface area (Å²) in [6, 6.07) is 12.7. The molecule has 0 spiro atoms. The number of anilines is 3. The third-order valence-corrected chi connectivity index (χ3v) is 5.90. The predicted octanol–water partition coefficient (Wildman–Crippen LogP) is 4.07. The van der Waals surface area contributed by atoms with Crippen LogP contribution in [0.15, 0.2) is 42.5 Å². The lowest BCUT2D eigenvalue weighted by Crippen LogP contribution is -2.46. The summed E-state index contributed by atoms with van der Waals surface area (Å²) < 4.78 is 20.3. The maximum absolute atomic E-state index is 15.0. The van der Waals surface area contributed by atoms with Crippen molar-refractivity contribution in [2.24, 2.45) is 0 Å². The van der Waals surface area contributed by atoms with Crippen molar-refractivity contribution in [3.63, 3.8) is 0 Å². The fraction of sp³-hybridized carbons (Fsp3) is 0.364. The molecule has 2 fully saturated rings. The Balaban J connectivity index is 1.38. The Morgan fingerprint density at radius 3 is 2.42 bits per heavy atom. The number of nitrogens with one attached hydrogen (secondary N) is 1. The van der Waals surface area contributed by atoms with E-state index in [9.17, 15) is 9.18 Å². The number of rotatable bonds is 5. The van der Waals surface area contributed by atoms with E-state index in [1.54, 1.807) is 19.1 Å². The van der Waals surface area contributed by atoms with Crippen molar-refractivity contribution in [2.45, 2.75) is 13.0 Å². The van der Waals surface area contributed by atoms with E-state index in [0.29, 0.717) is 47.6 Å². The number of hydrogen-bond acceptors (Lipinski definition) is 5. The zero-order chi connectivity index (χ0) is 22.0. The zero-order valence-corrected chi connectivity index (χ0v) is 18.8. The minimum absolute atomic E-state index is 0.325. The third-order valence-electron chi connectivity index (χ3n) is 5.51. The van der Waals surface area contributed by atoms with Crippen LogP contribution >= 0.6 is 23.8 Å². The molecule has 0 aromatic heterocycles. The molecule has 2 aromatic rings. The van der Waals surface area contributed by atoms with E-state index in [1.165, 1.54) is 11.0 Å². The average molecular weight is 463 g/mol. The van der Waals surface area contributed by atoms with Crippen LogP contribution in [0.1, 0.15) is 6.92 Å². The summed E-state index contributed by atoms with van der Waals surface area (Å²) in [4.78, 5) is 18.6. The van der Waals surface area contributed by atoms with E-state index in [2.05, 4.69) is 10.2 Å². The van der Waals surface area contributed by atoms with Crippen LogP contribution in [0.2, 0.25) is 5.02 Å². The number of halogens is 2. The average Bonchev–Trinajstić information content (AvgIpc) is 3.13. The molecule has 0 unspecified atom stereocenters. The Kier molecular flexibility index (Phi) is 6.48. The topological polar surface area (TPSA) is 48.0 Å². The normalized spacial score (nSPS) is 18.9. The summed E-state index contributed by atoms with van der Waals surface area (Å²) in [5, 5.41) is 3.71. The summed E-state index contributed by atoms with van der Waals surface area (Å²) >= 11 is 11.0. The van der Waals surface area contributed by atoms with E-state index in [4.69, 9.17) is 28.6 Å². The summed E-state index contributed by atoms with van der Waals surface area (Å²) in [6.07, 6.45) is -0.799. The number of ether oxygens (including phenoxy) is 1. The lowest BCUT2D eigenvalue weighted by Gasteiger charge is -2.37. The molecular weight excluding hydrogens is 439 g/mol. The fourth-order valence-corrected chi connectivity index (χ4v) is 4.08. The van der Waals surface area contributed by atoms with Gasteiger partial charge >= 0.3 is 6.09 Å². The first-order chi connectivity index (χ1) is 14.9. The Morgan fingerprint density at radius 2 is 1.77 bits per heavy atom. The van der Waals surface area contributed by atoms with Gasteiger partial charge in [0.05, 0.1) is 29.5 Å². The maximum Gasteiger partial charge on any atom is 0.414 e. The van der Waals surface area contributed by atoms with Crippen molar-refractivity contribution >= 4 is 52.0 Å². The van der Waals surface area contributed by atoms with Gasteiger partial charge in [-0.05, 0) is 49.4 Å². The highest BCUT2D eigenvalue weighted by Gasteiger charge is 2.33. The molecule has 1 N–H and O–H groups in total. The van der Waals surface area contributed by atoms with Gasteiger partial charge in [0.15, 0.2) is 0 Å². The minimum Gasteiger partial charge on any atom is -0.442 e. The number of piperazine rings is 1. The highest BCUT2D eigenvalue weighted by atomic mass is 35.5. The van der Waals surface area contributed by atoms with E-state index in [0.717, 1.165) is 18.8 Å². The van der Waals surface area contributed by atoms with Gasteiger partial charge in [-0.2, -0.15) is 0 Å².